The molecule has 128 valence electrons. The molecule has 0 aliphatic heterocycles. The summed E-state index contributed by atoms with van der Waals surface area (Å²) in [5.74, 6) is 2.32. The van der Waals surface area contributed by atoms with Crippen LogP contribution in [0.15, 0.2) is 30.3 Å². The number of benzene rings is 1. The monoisotopic (exact) mass is 330 g/mol. The molecule has 1 heterocycles. The molecule has 0 saturated carbocycles. The van der Waals surface area contributed by atoms with Gasteiger partial charge in [-0.15, -0.1) is 10.2 Å². The zero-order valence-electron chi connectivity index (χ0n) is 14.3. The number of nitrogens with one attached hydrogen (secondary N) is 2. The van der Waals surface area contributed by atoms with E-state index >= 15 is 0 Å². The Balaban J connectivity index is 2.04. The molecule has 0 atom stereocenters. The lowest BCUT2D eigenvalue weighted by molar-refractivity contribution is 0.102. The Labute approximate surface area is 141 Å². The minimum absolute atomic E-state index is 0.298. The van der Waals surface area contributed by atoms with Gasteiger partial charge in [0.15, 0.2) is 17.3 Å². The number of hydrogen-bond acceptors (Lipinski definition) is 6. The van der Waals surface area contributed by atoms with Crippen LogP contribution in [0.1, 0.15) is 24.2 Å². The highest BCUT2D eigenvalue weighted by Gasteiger charge is 2.11. The van der Waals surface area contributed by atoms with E-state index in [0.29, 0.717) is 34.6 Å². The van der Waals surface area contributed by atoms with Crippen molar-refractivity contribution in [3.63, 3.8) is 0 Å². The van der Waals surface area contributed by atoms with Gasteiger partial charge in [0.2, 0.25) is 0 Å². The first-order chi connectivity index (χ1) is 11.5. The fourth-order valence-electron chi connectivity index (χ4n) is 1.97. The van der Waals surface area contributed by atoms with Crippen molar-refractivity contribution in [1.29, 1.82) is 0 Å². The smallest absolute Gasteiger partial charge is 0.257 e. The number of methoxy groups -OCH3 is 2. The van der Waals surface area contributed by atoms with Gasteiger partial charge in [-0.2, -0.15) is 0 Å². The molecule has 1 aromatic carbocycles. The van der Waals surface area contributed by atoms with E-state index in [-0.39, 0.29) is 5.91 Å². The van der Waals surface area contributed by atoms with Gasteiger partial charge in [-0.05, 0) is 36.2 Å². The van der Waals surface area contributed by atoms with Crippen molar-refractivity contribution in [1.82, 2.24) is 10.2 Å². The Morgan fingerprint density at radius 3 is 2.29 bits per heavy atom. The van der Waals surface area contributed by atoms with Crippen LogP contribution in [0.3, 0.4) is 0 Å². The van der Waals surface area contributed by atoms with Crippen LogP contribution in [-0.2, 0) is 0 Å². The van der Waals surface area contributed by atoms with Crippen molar-refractivity contribution >= 4 is 17.5 Å². The highest BCUT2D eigenvalue weighted by molar-refractivity contribution is 6.04. The van der Waals surface area contributed by atoms with Crippen molar-refractivity contribution < 1.29 is 14.3 Å². The minimum atomic E-state index is -0.298. The first kappa shape index (κ1) is 17.5. The normalized spacial score (nSPS) is 10.4. The van der Waals surface area contributed by atoms with Crippen molar-refractivity contribution in [2.24, 2.45) is 5.92 Å². The maximum Gasteiger partial charge on any atom is 0.257 e. The lowest BCUT2D eigenvalue weighted by Crippen LogP contribution is -2.14. The average molecular weight is 330 g/mol. The average Bonchev–Trinajstić information content (AvgIpc) is 2.60. The number of aromatic nitrogens is 2. The first-order valence-corrected chi connectivity index (χ1v) is 7.64. The molecule has 0 spiro atoms. The largest absolute Gasteiger partial charge is 0.493 e. The van der Waals surface area contributed by atoms with Gasteiger partial charge < -0.3 is 20.1 Å². The topological polar surface area (TPSA) is 85.4 Å². The molecule has 0 fully saturated rings. The van der Waals surface area contributed by atoms with Gasteiger partial charge in [0.1, 0.15) is 5.82 Å². The Morgan fingerprint density at radius 1 is 1.04 bits per heavy atom. The minimum Gasteiger partial charge on any atom is -0.493 e. The standard InChI is InChI=1S/C17H22N4O3/c1-11(2)10-18-15-7-8-16(21-20-15)19-17(22)12-5-6-13(23-3)14(9-12)24-4/h5-9,11H,10H2,1-4H3,(H,18,20)(H,19,21,22). The zero-order valence-corrected chi connectivity index (χ0v) is 14.3. The van der Waals surface area contributed by atoms with E-state index in [9.17, 15) is 4.79 Å². The molecule has 0 aliphatic rings. The van der Waals surface area contributed by atoms with Crippen LogP contribution >= 0.6 is 0 Å². The third-order valence-corrected chi connectivity index (χ3v) is 3.24. The number of anilines is 2. The SMILES string of the molecule is COc1ccc(C(=O)Nc2ccc(NCC(C)C)nn2)cc1OC. The molecule has 0 bridgehead atoms. The molecule has 0 aliphatic carbocycles. The van der Waals surface area contributed by atoms with E-state index in [2.05, 4.69) is 34.7 Å². The molecule has 2 N–H and O–H groups in total. The molecule has 2 aromatic rings. The van der Waals surface area contributed by atoms with Crippen molar-refractivity contribution in [3.05, 3.63) is 35.9 Å². The van der Waals surface area contributed by atoms with Gasteiger partial charge >= 0.3 is 0 Å². The Hall–Kier alpha value is -2.83. The molecule has 7 nitrogen and oxygen atoms in total. The summed E-state index contributed by atoms with van der Waals surface area (Å²) in [6.07, 6.45) is 0. The van der Waals surface area contributed by atoms with E-state index in [0.717, 1.165) is 6.54 Å². The molecular weight excluding hydrogens is 308 g/mol. The van der Waals surface area contributed by atoms with Crippen molar-refractivity contribution in [2.45, 2.75) is 13.8 Å². The number of carbonyl (C=O) groups excluding carboxylic acids is 1. The van der Waals surface area contributed by atoms with Crippen molar-refractivity contribution in [3.8, 4) is 11.5 Å². The van der Waals surface area contributed by atoms with E-state index in [1.165, 1.54) is 7.11 Å². The Morgan fingerprint density at radius 2 is 1.71 bits per heavy atom. The predicted molar refractivity (Wildman–Crippen MR) is 92.9 cm³/mol. The highest BCUT2D eigenvalue weighted by atomic mass is 16.5. The molecule has 0 saturated heterocycles. The molecule has 1 aromatic heterocycles. The van der Waals surface area contributed by atoms with Gasteiger partial charge in [0.25, 0.3) is 5.91 Å². The molecule has 0 unspecified atom stereocenters. The van der Waals surface area contributed by atoms with Crippen LogP contribution < -0.4 is 20.1 Å². The predicted octanol–water partition coefficient (Wildman–Crippen LogP) is 2.81. The van der Waals surface area contributed by atoms with E-state index in [1.54, 1.807) is 37.4 Å². The number of carbonyl (C=O) groups is 1. The highest BCUT2D eigenvalue weighted by Crippen LogP contribution is 2.27. The number of amides is 1. The molecule has 0 radical (unpaired) electrons. The van der Waals surface area contributed by atoms with Crippen LogP contribution in [0, 0.1) is 5.92 Å². The van der Waals surface area contributed by atoms with Crippen LogP contribution in [-0.4, -0.2) is 36.9 Å². The maximum absolute atomic E-state index is 12.3. The second-order valence-electron chi connectivity index (χ2n) is 5.60. The van der Waals surface area contributed by atoms with Crippen molar-refractivity contribution in [2.75, 3.05) is 31.4 Å². The first-order valence-electron chi connectivity index (χ1n) is 7.64. The summed E-state index contributed by atoms with van der Waals surface area (Å²) in [6, 6.07) is 8.43. The molecule has 2 rings (SSSR count). The second kappa shape index (κ2) is 8.14. The van der Waals surface area contributed by atoms with Crippen LogP contribution in [0.2, 0.25) is 0 Å². The van der Waals surface area contributed by atoms with E-state index in [4.69, 9.17) is 9.47 Å². The zero-order chi connectivity index (χ0) is 17.5. The molecule has 7 heteroatoms. The van der Waals surface area contributed by atoms with Crippen LogP contribution in [0.4, 0.5) is 11.6 Å². The quantitative estimate of drug-likeness (QED) is 0.812. The van der Waals surface area contributed by atoms with Crippen LogP contribution in [0.5, 0.6) is 11.5 Å². The fourth-order valence-corrected chi connectivity index (χ4v) is 1.97. The van der Waals surface area contributed by atoms with Gasteiger partial charge in [-0.1, -0.05) is 13.8 Å². The lowest BCUT2D eigenvalue weighted by atomic mass is 10.2. The number of hydrogen-bond donors (Lipinski definition) is 2. The van der Waals surface area contributed by atoms with E-state index < -0.39 is 0 Å². The lowest BCUT2D eigenvalue weighted by Gasteiger charge is -2.10. The summed E-state index contributed by atoms with van der Waals surface area (Å²) in [7, 11) is 3.07. The summed E-state index contributed by atoms with van der Waals surface area (Å²) in [4.78, 5) is 12.3. The fraction of sp³-hybridized carbons (Fsp3) is 0.353. The summed E-state index contributed by atoms with van der Waals surface area (Å²) in [5, 5.41) is 13.9. The Bertz CT molecular complexity index is 687. The number of ether oxygens (including phenoxy) is 2. The Kier molecular flexibility index (Phi) is 5.95. The third kappa shape index (κ3) is 4.58. The molecular formula is C17H22N4O3. The van der Waals surface area contributed by atoms with E-state index in [1.807, 2.05) is 0 Å². The number of nitrogens with zero attached hydrogens (tertiary/aromatic N) is 2. The van der Waals surface area contributed by atoms with Gasteiger partial charge in [-0.3, -0.25) is 4.79 Å². The summed E-state index contributed by atoms with van der Waals surface area (Å²) in [5.41, 5.74) is 0.441. The maximum atomic E-state index is 12.3. The summed E-state index contributed by atoms with van der Waals surface area (Å²) >= 11 is 0. The molecule has 24 heavy (non-hydrogen) atoms. The van der Waals surface area contributed by atoms with Gasteiger partial charge in [0.05, 0.1) is 14.2 Å². The number of rotatable bonds is 7. The van der Waals surface area contributed by atoms with Gasteiger partial charge in [-0.25, -0.2) is 0 Å². The third-order valence-electron chi connectivity index (χ3n) is 3.24. The van der Waals surface area contributed by atoms with Gasteiger partial charge in [0, 0.05) is 12.1 Å². The summed E-state index contributed by atoms with van der Waals surface area (Å²) < 4.78 is 10.4. The van der Waals surface area contributed by atoms with Crippen LogP contribution in [0.25, 0.3) is 0 Å². The summed E-state index contributed by atoms with van der Waals surface area (Å²) in [6.45, 7) is 5.03. The second-order valence-corrected chi connectivity index (χ2v) is 5.60. The molecule has 1 amide bonds.